The van der Waals surface area contributed by atoms with Crippen LogP contribution in [0.25, 0.3) is 11.3 Å². The molecule has 0 bridgehead atoms. The van der Waals surface area contributed by atoms with E-state index < -0.39 is 35.4 Å². The summed E-state index contributed by atoms with van der Waals surface area (Å²) in [6.45, 7) is 8.58. The van der Waals surface area contributed by atoms with Crippen molar-refractivity contribution >= 4 is 52.2 Å². The number of aliphatic hydroxyl groups excluding tert-OH is 1. The van der Waals surface area contributed by atoms with Gasteiger partial charge in [-0.15, -0.1) is 0 Å². The first-order valence-corrected chi connectivity index (χ1v) is 17.8. The van der Waals surface area contributed by atoms with Crippen LogP contribution in [-0.2, 0) is 25.7 Å². The van der Waals surface area contributed by atoms with Crippen LogP contribution in [0.2, 0.25) is 0 Å². The van der Waals surface area contributed by atoms with Gasteiger partial charge in [0.05, 0.1) is 34.7 Å². The van der Waals surface area contributed by atoms with E-state index >= 15 is 0 Å². The van der Waals surface area contributed by atoms with Gasteiger partial charge in [-0.25, -0.2) is 4.98 Å². The molecule has 0 radical (unpaired) electrons. The van der Waals surface area contributed by atoms with Gasteiger partial charge in [-0.3, -0.25) is 22.7 Å². The second-order valence-electron chi connectivity index (χ2n) is 13.5. The van der Waals surface area contributed by atoms with Crippen LogP contribution >= 0.6 is 22.9 Å². The number of anilines is 1. The average Bonchev–Trinajstić information content (AvgIpc) is 3.71. The van der Waals surface area contributed by atoms with E-state index in [9.17, 15) is 24.3 Å². The van der Waals surface area contributed by atoms with Crippen LogP contribution in [0.1, 0.15) is 68.1 Å². The minimum atomic E-state index is -0.928. The number of amides is 4. The molecule has 0 saturated carbocycles. The van der Waals surface area contributed by atoms with Crippen LogP contribution in [0, 0.1) is 12.3 Å². The number of rotatable bonds is 16. The molecule has 50 heavy (non-hydrogen) atoms. The van der Waals surface area contributed by atoms with Gasteiger partial charge in [0.1, 0.15) is 18.7 Å². The first kappa shape index (κ1) is 38.8. The van der Waals surface area contributed by atoms with Crippen molar-refractivity contribution in [3.8, 4) is 11.3 Å². The standard InChI is InChI=1S/C36H47IN6O7/c1-23-31(50-22-40-23)25-10-8-24(9-11-25)19-39-34(47)29-18-28(44)20-43(29)35(48)32(36(2,3)4)41-30(45)21-49-17-7-5-6-16-38-27-14-12-26(13-15-27)33(46)42-37/h8-15,22,28-29,32,38,44H,5-7,16-21H2,1-4H3,(H,39,47)(H,41,45)(H,42,46)/t28-,29+,32-/m1/s1. The normalized spacial score (nSPS) is 16.5. The molecule has 270 valence electrons. The molecule has 1 aliphatic heterocycles. The third kappa shape index (κ3) is 11.0. The first-order chi connectivity index (χ1) is 23.9. The molecular formula is C36H47IN6O7. The summed E-state index contributed by atoms with van der Waals surface area (Å²) in [4.78, 5) is 57.1. The number of hydrogen-bond acceptors (Lipinski definition) is 9. The fourth-order valence-electron chi connectivity index (χ4n) is 5.68. The number of ether oxygens (including phenoxy) is 1. The zero-order valence-corrected chi connectivity index (χ0v) is 31.1. The van der Waals surface area contributed by atoms with Crippen molar-refractivity contribution in [2.24, 2.45) is 5.41 Å². The molecule has 3 aromatic rings. The van der Waals surface area contributed by atoms with Crippen molar-refractivity contribution in [3.63, 3.8) is 0 Å². The Morgan fingerprint density at radius 3 is 2.42 bits per heavy atom. The number of oxazole rings is 1. The molecule has 1 saturated heterocycles. The number of β-amino-alcohol motifs (C(OH)–C–C–N with tert-alkyl or cyclic N) is 1. The molecule has 2 heterocycles. The number of likely N-dealkylation sites (tertiary alicyclic amines) is 1. The van der Waals surface area contributed by atoms with E-state index in [1.54, 1.807) is 12.1 Å². The Morgan fingerprint density at radius 2 is 1.78 bits per heavy atom. The van der Waals surface area contributed by atoms with Gasteiger partial charge in [0, 0.05) is 49.5 Å². The predicted molar refractivity (Wildman–Crippen MR) is 197 cm³/mol. The molecule has 1 aromatic heterocycles. The minimum Gasteiger partial charge on any atom is -0.443 e. The SMILES string of the molecule is Cc1ncoc1-c1ccc(CNC(=O)[C@@H]2C[C@@H](O)CN2C(=O)[C@@H](NC(=O)COCCCCCNc2ccc(C(=O)NI)cc2)C(C)(C)C)cc1. The Kier molecular flexibility index (Phi) is 14.2. The van der Waals surface area contributed by atoms with Gasteiger partial charge in [0.25, 0.3) is 5.91 Å². The third-order valence-electron chi connectivity index (χ3n) is 8.47. The van der Waals surface area contributed by atoms with Crippen LogP contribution in [0.4, 0.5) is 5.69 Å². The highest BCUT2D eigenvalue weighted by molar-refractivity contribution is 14.1. The Labute approximate surface area is 306 Å². The van der Waals surface area contributed by atoms with Gasteiger partial charge >= 0.3 is 0 Å². The summed E-state index contributed by atoms with van der Waals surface area (Å²) < 4.78 is 13.6. The molecule has 4 amide bonds. The maximum Gasteiger partial charge on any atom is 0.259 e. The lowest BCUT2D eigenvalue weighted by Gasteiger charge is -2.35. The Morgan fingerprint density at radius 1 is 1.06 bits per heavy atom. The van der Waals surface area contributed by atoms with E-state index in [-0.39, 0.29) is 37.9 Å². The number of carbonyl (C=O) groups is 4. The molecule has 1 aliphatic rings. The lowest BCUT2D eigenvalue weighted by Crippen LogP contribution is -2.58. The van der Waals surface area contributed by atoms with Crippen LogP contribution in [-0.4, -0.2) is 83.1 Å². The largest absolute Gasteiger partial charge is 0.443 e. The Bertz CT molecular complexity index is 1590. The molecule has 14 heteroatoms. The van der Waals surface area contributed by atoms with Crippen LogP contribution in [0.3, 0.4) is 0 Å². The molecule has 0 spiro atoms. The maximum atomic E-state index is 13.8. The zero-order valence-electron chi connectivity index (χ0n) is 29.0. The summed E-state index contributed by atoms with van der Waals surface area (Å²) in [5.41, 5.74) is 3.38. The number of halogens is 1. The molecule has 4 rings (SSSR count). The smallest absolute Gasteiger partial charge is 0.259 e. The molecule has 2 aromatic carbocycles. The second-order valence-corrected chi connectivity index (χ2v) is 14.0. The van der Waals surface area contributed by atoms with E-state index in [0.717, 1.165) is 48.3 Å². The number of aliphatic hydroxyl groups is 1. The number of nitrogens with zero attached hydrogens (tertiary/aromatic N) is 2. The number of hydrogen-bond donors (Lipinski definition) is 5. The van der Waals surface area contributed by atoms with Crippen LogP contribution in [0.5, 0.6) is 0 Å². The summed E-state index contributed by atoms with van der Waals surface area (Å²) in [5, 5.41) is 19.5. The number of aryl methyl sites for hydroxylation is 1. The lowest BCUT2D eigenvalue weighted by atomic mass is 9.85. The highest BCUT2D eigenvalue weighted by atomic mass is 127. The van der Waals surface area contributed by atoms with E-state index in [1.807, 2.05) is 87.0 Å². The highest BCUT2D eigenvalue weighted by Gasteiger charge is 2.44. The average molecular weight is 803 g/mol. The first-order valence-electron chi connectivity index (χ1n) is 16.7. The quantitative estimate of drug-likeness (QED) is 0.0811. The van der Waals surface area contributed by atoms with Gasteiger partial charge in [-0.05, 0) is 61.4 Å². The lowest BCUT2D eigenvalue weighted by molar-refractivity contribution is -0.144. The maximum absolute atomic E-state index is 13.8. The van der Waals surface area contributed by atoms with Crippen molar-refractivity contribution < 1.29 is 33.4 Å². The molecule has 0 unspecified atom stereocenters. The van der Waals surface area contributed by atoms with Crippen molar-refractivity contribution in [2.75, 3.05) is 31.6 Å². The Balaban J connectivity index is 1.20. The number of nitrogens with one attached hydrogen (secondary N) is 4. The monoisotopic (exact) mass is 802 g/mol. The summed E-state index contributed by atoms with van der Waals surface area (Å²) in [7, 11) is 0. The van der Waals surface area contributed by atoms with Crippen molar-refractivity contribution in [2.45, 2.75) is 78.1 Å². The molecule has 0 aliphatic carbocycles. The van der Waals surface area contributed by atoms with Gasteiger partial charge in [0.15, 0.2) is 12.2 Å². The van der Waals surface area contributed by atoms with E-state index in [0.29, 0.717) is 17.9 Å². The van der Waals surface area contributed by atoms with Gasteiger partial charge < -0.3 is 35.1 Å². The number of carbonyl (C=O) groups excluding carboxylic acids is 4. The van der Waals surface area contributed by atoms with Gasteiger partial charge in [0.2, 0.25) is 17.7 Å². The van der Waals surface area contributed by atoms with Crippen LogP contribution in [0.15, 0.2) is 59.3 Å². The Hall–Kier alpha value is -4.02. The molecule has 5 N–H and O–H groups in total. The molecule has 13 nitrogen and oxygen atoms in total. The highest BCUT2D eigenvalue weighted by Crippen LogP contribution is 2.27. The third-order valence-corrected chi connectivity index (χ3v) is 8.96. The number of benzene rings is 2. The summed E-state index contributed by atoms with van der Waals surface area (Å²) in [6.07, 6.45) is 3.20. The van der Waals surface area contributed by atoms with Gasteiger partial charge in [-0.1, -0.05) is 45.0 Å². The molecule has 1 fully saturated rings. The van der Waals surface area contributed by atoms with Crippen molar-refractivity contribution in [1.29, 1.82) is 0 Å². The van der Waals surface area contributed by atoms with Crippen molar-refractivity contribution in [3.05, 3.63) is 71.7 Å². The topological polar surface area (TPSA) is 175 Å². The fraction of sp³-hybridized carbons (Fsp3) is 0.472. The van der Waals surface area contributed by atoms with Crippen molar-refractivity contribution in [1.82, 2.24) is 24.0 Å². The molecule has 3 atom stereocenters. The second kappa shape index (κ2) is 18.3. The molecular weight excluding hydrogens is 755 g/mol. The zero-order chi connectivity index (χ0) is 36.3. The summed E-state index contributed by atoms with van der Waals surface area (Å²) in [6, 6.07) is 13.0. The minimum absolute atomic E-state index is 0.00297. The van der Waals surface area contributed by atoms with E-state index in [2.05, 4.69) is 24.5 Å². The van der Waals surface area contributed by atoms with Gasteiger partial charge in [-0.2, -0.15) is 0 Å². The fourth-order valence-corrected chi connectivity index (χ4v) is 5.99. The van der Waals surface area contributed by atoms with Crippen LogP contribution < -0.4 is 19.5 Å². The number of aromatic nitrogens is 1. The summed E-state index contributed by atoms with van der Waals surface area (Å²) >= 11 is 1.81. The van der Waals surface area contributed by atoms with E-state index in [1.165, 1.54) is 11.3 Å². The van der Waals surface area contributed by atoms with E-state index in [4.69, 9.17) is 9.15 Å². The summed E-state index contributed by atoms with van der Waals surface area (Å²) in [5.74, 6) is -0.678. The predicted octanol–water partition coefficient (Wildman–Crippen LogP) is 4.14. The number of unbranched alkanes of at least 4 members (excludes halogenated alkanes) is 2.